The number of pyridine rings is 2. The highest BCUT2D eigenvalue weighted by Gasteiger charge is 2.17. The molecule has 0 bridgehead atoms. The van der Waals surface area contributed by atoms with Crippen molar-refractivity contribution in [2.75, 3.05) is 7.11 Å². The van der Waals surface area contributed by atoms with Crippen LogP contribution in [0.5, 0.6) is 5.88 Å². The molecule has 0 aliphatic carbocycles. The Morgan fingerprint density at radius 3 is 2.79 bits per heavy atom. The highest BCUT2D eigenvalue weighted by Crippen LogP contribution is 2.28. The van der Waals surface area contributed by atoms with Crippen LogP contribution in [0.3, 0.4) is 0 Å². The lowest BCUT2D eigenvalue weighted by Crippen LogP contribution is -2.12. The van der Waals surface area contributed by atoms with Crippen LogP contribution in [0.25, 0.3) is 16.2 Å². The van der Waals surface area contributed by atoms with Crippen LogP contribution >= 0.6 is 11.3 Å². The maximum Gasteiger partial charge on any atom is 0.212 e. The first-order valence-corrected chi connectivity index (χ1v) is 8.08. The Kier molecular flexibility index (Phi) is 3.68. The van der Waals surface area contributed by atoms with Gasteiger partial charge in [-0.25, -0.2) is 14.5 Å². The second-order valence-corrected chi connectivity index (χ2v) is 6.12. The number of rotatable bonds is 4. The van der Waals surface area contributed by atoms with Crippen molar-refractivity contribution in [1.82, 2.24) is 24.6 Å². The quantitative estimate of drug-likeness (QED) is 0.614. The third kappa shape index (κ3) is 2.51. The number of aromatic nitrogens is 5. The van der Waals surface area contributed by atoms with Crippen molar-refractivity contribution in [2.45, 2.75) is 6.04 Å². The fraction of sp³-hybridized carbons (Fsp3) is 0.125. The SMILES string of the molecule is COc1ccc(-c2cnc3sc(C(N)c4cccnc4)nn23)cn1. The Bertz CT molecular complexity index is 963. The maximum atomic E-state index is 6.30. The number of fused-ring (bicyclic) bond motifs is 1. The van der Waals surface area contributed by atoms with E-state index in [2.05, 4.69) is 20.1 Å². The molecule has 1 unspecified atom stereocenters. The van der Waals surface area contributed by atoms with Gasteiger partial charge in [0, 0.05) is 30.2 Å². The van der Waals surface area contributed by atoms with E-state index in [4.69, 9.17) is 10.5 Å². The van der Waals surface area contributed by atoms with Crippen molar-refractivity contribution in [3.8, 4) is 17.1 Å². The monoisotopic (exact) mass is 338 g/mol. The van der Waals surface area contributed by atoms with Crippen LogP contribution in [-0.4, -0.2) is 31.7 Å². The van der Waals surface area contributed by atoms with Crippen LogP contribution in [0.4, 0.5) is 0 Å². The molecule has 4 aromatic heterocycles. The average molecular weight is 338 g/mol. The summed E-state index contributed by atoms with van der Waals surface area (Å²) < 4.78 is 6.88. The smallest absolute Gasteiger partial charge is 0.212 e. The summed E-state index contributed by atoms with van der Waals surface area (Å²) in [6, 6.07) is 7.21. The summed E-state index contributed by atoms with van der Waals surface area (Å²) in [7, 11) is 1.59. The molecule has 4 aromatic rings. The molecule has 0 aromatic carbocycles. The van der Waals surface area contributed by atoms with Crippen LogP contribution < -0.4 is 10.5 Å². The van der Waals surface area contributed by atoms with Crippen LogP contribution in [0.2, 0.25) is 0 Å². The fourth-order valence-corrected chi connectivity index (χ4v) is 3.29. The lowest BCUT2D eigenvalue weighted by molar-refractivity contribution is 0.398. The van der Waals surface area contributed by atoms with Gasteiger partial charge in [0.05, 0.1) is 25.0 Å². The fourth-order valence-electron chi connectivity index (χ4n) is 2.39. The summed E-state index contributed by atoms with van der Waals surface area (Å²) in [6.07, 6.45) is 6.99. The molecule has 120 valence electrons. The van der Waals surface area contributed by atoms with E-state index in [1.807, 2.05) is 24.3 Å². The molecule has 8 heteroatoms. The van der Waals surface area contributed by atoms with Gasteiger partial charge in [-0.15, -0.1) is 0 Å². The number of methoxy groups -OCH3 is 1. The zero-order valence-electron chi connectivity index (χ0n) is 12.8. The second-order valence-electron chi connectivity index (χ2n) is 5.13. The lowest BCUT2D eigenvalue weighted by Gasteiger charge is -2.06. The minimum atomic E-state index is -0.327. The predicted molar refractivity (Wildman–Crippen MR) is 90.9 cm³/mol. The maximum absolute atomic E-state index is 6.30. The Balaban J connectivity index is 1.73. The van der Waals surface area contributed by atoms with Gasteiger partial charge in [0.15, 0.2) is 0 Å². The zero-order valence-corrected chi connectivity index (χ0v) is 13.6. The molecule has 0 saturated heterocycles. The van der Waals surface area contributed by atoms with Gasteiger partial charge in [-0.3, -0.25) is 4.98 Å². The van der Waals surface area contributed by atoms with E-state index in [-0.39, 0.29) is 6.04 Å². The number of nitrogens with two attached hydrogens (primary N) is 1. The summed E-state index contributed by atoms with van der Waals surface area (Å²) in [5.41, 5.74) is 9.00. The van der Waals surface area contributed by atoms with Crippen LogP contribution in [0, 0.1) is 0 Å². The number of nitrogens with zero attached hydrogens (tertiary/aromatic N) is 5. The molecule has 0 saturated carbocycles. The molecule has 0 radical (unpaired) electrons. The first-order valence-electron chi connectivity index (χ1n) is 7.26. The number of imidazole rings is 1. The Labute approximate surface area is 141 Å². The molecule has 4 heterocycles. The van der Waals surface area contributed by atoms with Crippen molar-refractivity contribution in [2.24, 2.45) is 5.73 Å². The molecular weight excluding hydrogens is 324 g/mol. The molecule has 1 atom stereocenters. The van der Waals surface area contributed by atoms with E-state index in [0.717, 1.165) is 26.8 Å². The van der Waals surface area contributed by atoms with E-state index in [9.17, 15) is 0 Å². The van der Waals surface area contributed by atoms with Gasteiger partial charge < -0.3 is 10.5 Å². The van der Waals surface area contributed by atoms with Gasteiger partial charge in [0.1, 0.15) is 5.01 Å². The molecule has 0 aliphatic heterocycles. The molecular formula is C16H14N6OS. The van der Waals surface area contributed by atoms with E-state index < -0.39 is 0 Å². The largest absolute Gasteiger partial charge is 0.481 e. The lowest BCUT2D eigenvalue weighted by atomic mass is 10.1. The topological polar surface area (TPSA) is 91.2 Å². The third-order valence-electron chi connectivity index (χ3n) is 3.65. The zero-order chi connectivity index (χ0) is 16.5. The highest BCUT2D eigenvalue weighted by molar-refractivity contribution is 7.16. The van der Waals surface area contributed by atoms with Crippen molar-refractivity contribution in [3.05, 3.63) is 59.6 Å². The first kappa shape index (κ1) is 14.7. The molecule has 7 nitrogen and oxygen atoms in total. The van der Waals surface area contributed by atoms with Crippen LogP contribution in [0.1, 0.15) is 16.6 Å². The molecule has 0 spiro atoms. The van der Waals surface area contributed by atoms with E-state index >= 15 is 0 Å². The minimum absolute atomic E-state index is 0.327. The summed E-state index contributed by atoms with van der Waals surface area (Å²) in [4.78, 5) is 13.5. The molecule has 0 aliphatic rings. The standard InChI is InChI=1S/C16H14N6OS/c1-23-13-5-4-10(8-19-13)12-9-20-16-22(12)21-15(24-16)14(17)11-3-2-6-18-7-11/h2-9,14H,17H2,1H3. The molecule has 24 heavy (non-hydrogen) atoms. The van der Waals surface area contributed by atoms with Crippen LogP contribution in [-0.2, 0) is 0 Å². The number of hydrogen-bond donors (Lipinski definition) is 1. The molecule has 0 fully saturated rings. The van der Waals surface area contributed by atoms with Gasteiger partial charge >= 0.3 is 0 Å². The van der Waals surface area contributed by atoms with Crippen molar-refractivity contribution in [3.63, 3.8) is 0 Å². The van der Waals surface area contributed by atoms with Gasteiger partial charge in [-0.2, -0.15) is 5.10 Å². The average Bonchev–Trinajstić information content (AvgIpc) is 3.22. The third-order valence-corrected chi connectivity index (χ3v) is 4.66. The van der Waals surface area contributed by atoms with Crippen LogP contribution in [0.15, 0.2) is 49.1 Å². The van der Waals surface area contributed by atoms with Crippen molar-refractivity contribution in [1.29, 1.82) is 0 Å². The Morgan fingerprint density at radius 1 is 1.17 bits per heavy atom. The summed E-state index contributed by atoms with van der Waals surface area (Å²) in [6.45, 7) is 0. The summed E-state index contributed by atoms with van der Waals surface area (Å²) >= 11 is 1.47. The van der Waals surface area contributed by atoms with E-state index in [1.54, 1.807) is 36.4 Å². The van der Waals surface area contributed by atoms with Gasteiger partial charge in [0.2, 0.25) is 10.8 Å². The van der Waals surface area contributed by atoms with Crippen molar-refractivity contribution < 1.29 is 4.74 Å². The predicted octanol–water partition coefficient (Wildman–Crippen LogP) is 2.30. The summed E-state index contributed by atoms with van der Waals surface area (Å²) in [5, 5.41) is 5.41. The normalized spacial score (nSPS) is 12.4. The first-order chi connectivity index (χ1) is 11.8. The molecule has 4 rings (SSSR count). The highest BCUT2D eigenvalue weighted by atomic mass is 32.1. The molecule has 0 amide bonds. The number of hydrogen-bond acceptors (Lipinski definition) is 7. The minimum Gasteiger partial charge on any atom is -0.481 e. The molecule has 2 N–H and O–H groups in total. The Morgan fingerprint density at radius 2 is 2.08 bits per heavy atom. The van der Waals surface area contributed by atoms with Gasteiger partial charge in [-0.05, 0) is 17.7 Å². The van der Waals surface area contributed by atoms with E-state index in [0.29, 0.717) is 5.88 Å². The Hall–Kier alpha value is -2.84. The van der Waals surface area contributed by atoms with Gasteiger partial charge in [-0.1, -0.05) is 17.4 Å². The summed E-state index contributed by atoms with van der Waals surface area (Å²) in [5.74, 6) is 0.567. The van der Waals surface area contributed by atoms with Gasteiger partial charge in [0.25, 0.3) is 0 Å². The van der Waals surface area contributed by atoms with Crippen molar-refractivity contribution >= 4 is 16.3 Å². The van der Waals surface area contributed by atoms with E-state index in [1.165, 1.54) is 11.3 Å². The second kappa shape index (κ2) is 5.99. The number of ether oxygens (including phenoxy) is 1.